The van der Waals surface area contributed by atoms with Crippen molar-refractivity contribution in [3.8, 4) is 0 Å². The summed E-state index contributed by atoms with van der Waals surface area (Å²) in [7, 11) is 0. The summed E-state index contributed by atoms with van der Waals surface area (Å²) >= 11 is 0. The number of hydrogen-bond donors (Lipinski definition) is 1. The van der Waals surface area contributed by atoms with Crippen LogP contribution in [0, 0.1) is 0 Å². The van der Waals surface area contributed by atoms with Crippen molar-refractivity contribution in [3.63, 3.8) is 0 Å². The van der Waals surface area contributed by atoms with Crippen molar-refractivity contribution < 1.29 is 4.74 Å². The molecule has 13 heavy (non-hydrogen) atoms. The van der Waals surface area contributed by atoms with Gasteiger partial charge in [0, 0.05) is 25.1 Å². The van der Waals surface area contributed by atoms with Crippen LogP contribution < -0.4 is 11.2 Å². The molecule has 0 saturated heterocycles. The molecule has 0 radical (unpaired) electrons. The lowest BCUT2D eigenvalue weighted by Gasteiger charge is -2.06. The highest BCUT2D eigenvalue weighted by atomic mass is 16.5. The Morgan fingerprint density at radius 3 is 3.00 bits per heavy atom. The van der Waals surface area contributed by atoms with Gasteiger partial charge in [0.05, 0.1) is 5.69 Å². The first-order chi connectivity index (χ1) is 6.24. The lowest BCUT2D eigenvalue weighted by Crippen LogP contribution is -2.12. The van der Waals surface area contributed by atoms with Crippen LogP contribution in [0.15, 0.2) is 23.3 Å². The number of nitrogens with zero attached hydrogens (tertiary/aromatic N) is 1. The smallest absolute Gasteiger partial charge is 0.204 e. The predicted molar refractivity (Wildman–Crippen MR) is 51.4 cm³/mol. The number of rotatable bonds is 4. The van der Waals surface area contributed by atoms with Crippen molar-refractivity contribution in [2.75, 3.05) is 12.3 Å². The molecular weight excluding hydrogens is 168 g/mol. The fraction of sp³-hybridized carbons (Fsp3) is 0.444. The molecule has 4 nitrogen and oxygen atoms in total. The molecule has 0 atom stereocenters. The Labute approximate surface area is 76.9 Å². The average Bonchev–Trinajstić information content (AvgIpc) is 2.12. The molecule has 1 rings (SSSR count). The molecule has 1 aromatic rings. The molecule has 0 fully saturated rings. The summed E-state index contributed by atoms with van der Waals surface area (Å²) in [6, 6.07) is 1.44. The maximum absolute atomic E-state index is 10.9. The molecular formula is C9H14N2O2. The van der Waals surface area contributed by atoms with Crippen molar-refractivity contribution in [2.45, 2.75) is 20.1 Å². The van der Waals surface area contributed by atoms with Gasteiger partial charge in [-0.05, 0) is 6.42 Å². The van der Waals surface area contributed by atoms with Gasteiger partial charge in [0.25, 0.3) is 0 Å². The zero-order valence-corrected chi connectivity index (χ0v) is 7.69. The maximum Gasteiger partial charge on any atom is 0.204 e. The molecule has 0 spiro atoms. The zero-order chi connectivity index (χ0) is 9.68. The Morgan fingerprint density at radius 2 is 2.38 bits per heavy atom. The van der Waals surface area contributed by atoms with E-state index in [0.717, 1.165) is 6.42 Å². The number of hydrogen-bond acceptors (Lipinski definition) is 3. The van der Waals surface area contributed by atoms with Crippen molar-refractivity contribution in [2.24, 2.45) is 0 Å². The summed E-state index contributed by atoms with van der Waals surface area (Å²) in [5, 5.41) is 0. The fourth-order valence-electron chi connectivity index (χ4n) is 0.940. The lowest BCUT2D eigenvalue weighted by molar-refractivity contribution is 0.0772. The molecule has 1 aromatic heterocycles. The Morgan fingerprint density at radius 1 is 1.62 bits per heavy atom. The van der Waals surface area contributed by atoms with Crippen LogP contribution in [0.1, 0.15) is 13.3 Å². The van der Waals surface area contributed by atoms with Crippen LogP contribution in [0.3, 0.4) is 0 Å². The Hall–Kier alpha value is -1.29. The summed E-state index contributed by atoms with van der Waals surface area (Å²) in [6.07, 6.45) is 4.22. The molecule has 4 heteroatoms. The third-order valence-corrected chi connectivity index (χ3v) is 1.60. The SMILES string of the molecule is CCCOCn1ccc(=O)c(N)c1. The van der Waals surface area contributed by atoms with E-state index in [1.54, 1.807) is 17.0 Å². The van der Waals surface area contributed by atoms with Crippen LogP contribution in [0.25, 0.3) is 0 Å². The first kappa shape index (κ1) is 9.80. The van der Waals surface area contributed by atoms with E-state index in [2.05, 4.69) is 0 Å². The molecule has 0 amide bonds. The van der Waals surface area contributed by atoms with E-state index in [0.29, 0.717) is 13.3 Å². The van der Waals surface area contributed by atoms with Gasteiger partial charge in [0.1, 0.15) is 6.73 Å². The van der Waals surface area contributed by atoms with Crippen LogP contribution in [0.5, 0.6) is 0 Å². The van der Waals surface area contributed by atoms with Crippen molar-refractivity contribution >= 4 is 5.69 Å². The number of nitrogen functional groups attached to an aromatic ring is 1. The summed E-state index contributed by atoms with van der Waals surface area (Å²) in [5.41, 5.74) is 5.54. The van der Waals surface area contributed by atoms with E-state index < -0.39 is 0 Å². The molecule has 0 aliphatic carbocycles. The topological polar surface area (TPSA) is 57.2 Å². The summed E-state index contributed by atoms with van der Waals surface area (Å²) in [6.45, 7) is 3.20. The minimum atomic E-state index is -0.147. The normalized spacial score (nSPS) is 10.2. The van der Waals surface area contributed by atoms with Crippen LogP contribution in [0.2, 0.25) is 0 Å². The van der Waals surface area contributed by atoms with Gasteiger partial charge in [-0.15, -0.1) is 0 Å². The Bertz CT molecular complexity index is 320. The molecule has 0 saturated carbocycles. The number of aromatic nitrogens is 1. The Balaban J connectivity index is 2.58. The Kier molecular flexibility index (Phi) is 3.52. The van der Waals surface area contributed by atoms with Crippen molar-refractivity contribution in [1.82, 2.24) is 4.57 Å². The van der Waals surface area contributed by atoms with Crippen LogP contribution in [-0.4, -0.2) is 11.2 Å². The second kappa shape index (κ2) is 4.67. The zero-order valence-electron chi connectivity index (χ0n) is 7.69. The first-order valence-electron chi connectivity index (χ1n) is 4.27. The molecule has 72 valence electrons. The quantitative estimate of drug-likeness (QED) is 0.701. The minimum Gasteiger partial charge on any atom is -0.394 e. The standard InChI is InChI=1S/C9H14N2O2/c1-2-5-13-7-11-4-3-9(12)8(10)6-11/h3-4,6H,2,5,7,10H2,1H3. The van der Waals surface area contributed by atoms with Crippen LogP contribution >= 0.6 is 0 Å². The molecule has 0 aliphatic rings. The van der Waals surface area contributed by atoms with E-state index >= 15 is 0 Å². The second-order valence-corrected chi connectivity index (χ2v) is 2.82. The van der Waals surface area contributed by atoms with Gasteiger partial charge in [-0.25, -0.2) is 0 Å². The van der Waals surface area contributed by atoms with Gasteiger partial charge >= 0.3 is 0 Å². The predicted octanol–water partition coefficient (Wildman–Crippen LogP) is 0.815. The maximum atomic E-state index is 10.9. The molecule has 2 N–H and O–H groups in total. The van der Waals surface area contributed by atoms with E-state index in [-0.39, 0.29) is 11.1 Å². The summed E-state index contributed by atoms with van der Waals surface area (Å²) in [4.78, 5) is 10.9. The number of nitrogens with two attached hydrogens (primary N) is 1. The first-order valence-corrected chi connectivity index (χ1v) is 4.27. The van der Waals surface area contributed by atoms with Crippen LogP contribution in [-0.2, 0) is 11.5 Å². The van der Waals surface area contributed by atoms with Gasteiger partial charge in [-0.1, -0.05) is 6.92 Å². The highest BCUT2D eigenvalue weighted by Crippen LogP contribution is 1.94. The number of anilines is 1. The van der Waals surface area contributed by atoms with Gasteiger partial charge in [-0.3, -0.25) is 4.79 Å². The van der Waals surface area contributed by atoms with E-state index in [9.17, 15) is 4.79 Å². The summed E-state index contributed by atoms with van der Waals surface area (Å²) < 4.78 is 7.01. The highest BCUT2D eigenvalue weighted by molar-refractivity contribution is 5.33. The fourth-order valence-corrected chi connectivity index (χ4v) is 0.940. The molecule has 0 bridgehead atoms. The van der Waals surface area contributed by atoms with Gasteiger partial charge in [0.15, 0.2) is 0 Å². The molecule has 0 unspecified atom stereocenters. The monoisotopic (exact) mass is 182 g/mol. The van der Waals surface area contributed by atoms with E-state index in [4.69, 9.17) is 10.5 Å². The summed E-state index contributed by atoms with van der Waals surface area (Å²) in [5.74, 6) is 0. The number of pyridine rings is 1. The van der Waals surface area contributed by atoms with Gasteiger partial charge < -0.3 is 15.0 Å². The highest BCUT2D eigenvalue weighted by Gasteiger charge is 1.94. The van der Waals surface area contributed by atoms with Crippen LogP contribution in [0.4, 0.5) is 5.69 Å². The molecule has 1 heterocycles. The third kappa shape index (κ3) is 2.91. The molecule has 0 aromatic carbocycles. The van der Waals surface area contributed by atoms with E-state index in [1.165, 1.54) is 6.07 Å². The van der Waals surface area contributed by atoms with Crippen molar-refractivity contribution in [3.05, 3.63) is 28.7 Å². The third-order valence-electron chi connectivity index (χ3n) is 1.60. The molecule has 0 aliphatic heterocycles. The van der Waals surface area contributed by atoms with E-state index in [1.807, 2.05) is 6.92 Å². The van der Waals surface area contributed by atoms with Gasteiger partial charge in [0.2, 0.25) is 5.43 Å². The number of ether oxygens (including phenoxy) is 1. The van der Waals surface area contributed by atoms with Gasteiger partial charge in [-0.2, -0.15) is 0 Å². The largest absolute Gasteiger partial charge is 0.394 e. The second-order valence-electron chi connectivity index (χ2n) is 2.82. The minimum absolute atomic E-state index is 0.147. The average molecular weight is 182 g/mol. The lowest BCUT2D eigenvalue weighted by atomic mass is 10.4. The van der Waals surface area contributed by atoms with Crippen molar-refractivity contribution in [1.29, 1.82) is 0 Å².